The number of carbonyl (C=O) groups excluding carboxylic acids is 1. The van der Waals surface area contributed by atoms with E-state index in [4.69, 9.17) is 19.4 Å². The number of anilines is 1. The largest absolute Gasteiger partial charge is 0.506 e. The quantitative estimate of drug-likeness (QED) is 0.330. The Bertz CT molecular complexity index is 1440. The molecule has 1 atom stereocenters. The molecule has 1 amide bonds. The van der Waals surface area contributed by atoms with Gasteiger partial charge in [-0.05, 0) is 58.3 Å². The van der Waals surface area contributed by atoms with Gasteiger partial charge in [0, 0.05) is 12.4 Å². The van der Waals surface area contributed by atoms with Crippen molar-refractivity contribution in [1.29, 1.82) is 0 Å². The van der Waals surface area contributed by atoms with Gasteiger partial charge in [-0.25, -0.2) is 4.79 Å². The number of carboxylic acid groups (broad SMARTS) is 1. The molecule has 3 aromatic carbocycles. The number of hydrogen-bond acceptors (Lipinski definition) is 6. The molecule has 37 heavy (non-hydrogen) atoms. The van der Waals surface area contributed by atoms with E-state index >= 15 is 0 Å². The molecule has 1 aliphatic heterocycles. The van der Waals surface area contributed by atoms with Crippen molar-refractivity contribution >= 4 is 28.3 Å². The zero-order valence-electron chi connectivity index (χ0n) is 18.9. The molecule has 0 fully saturated rings. The summed E-state index contributed by atoms with van der Waals surface area (Å²) in [5.41, 5.74) is 2.09. The van der Waals surface area contributed by atoms with Crippen molar-refractivity contribution in [3.63, 3.8) is 0 Å². The van der Waals surface area contributed by atoms with Crippen molar-refractivity contribution in [1.82, 2.24) is 4.98 Å². The Morgan fingerprint density at radius 3 is 2.16 bits per heavy atom. The van der Waals surface area contributed by atoms with Gasteiger partial charge in [0.05, 0.1) is 5.69 Å². The highest BCUT2D eigenvalue weighted by Gasteiger charge is 2.38. The first-order chi connectivity index (χ1) is 17.6. The molecule has 11 heteroatoms. The van der Waals surface area contributed by atoms with E-state index in [0.29, 0.717) is 17.2 Å². The molecule has 5 rings (SSSR count). The molecule has 1 unspecified atom stereocenters. The number of nitrogens with zero attached hydrogens (tertiary/aromatic N) is 1. The lowest BCUT2D eigenvalue weighted by Gasteiger charge is -2.26. The summed E-state index contributed by atoms with van der Waals surface area (Å²) < 4.78 is 43.4. The number of aromatic hydroxyl groups is 1. The van der Waals surface area contributed by atoms with Crippen molar-refractivity contribution in [2.75, 3.05) is 11.9 Å². The van der Waals surface area contributed by atoms with Crippen LogP contribution in [0.3, 0.4) is 0 Å². The lowest BCUT2D eigenvalue weighted by atomic mass is 10.1. The molecule has 0 saturated heterocycles. The number of amides is 1. The zero-order chi connectivity index (χ0) is 26.6. The van der Waals surface area contributed by atoms with Crippen LogP contribution in [0.25, 0.3) is 21.9 Å². The predicted octanol–water partition coefficient (Wildman–Crippen LogP) is 5.02. The number of rotatable bonds is 3. The number of halogens is 3. The second-order valence-corrected chi connectivity index (χ2v) is 7.82. The van der Waals surface area contributed by atoms with Crippen LogP contribution in [0.4, 0.5) is 18.9 Å². The average molecular weight is 512 g/mol. The smallest absolute Gasteiger partial charge is 0.490 e. The number of nitrogens with one attached hydrogen (secondary N) is 1. The zero-order valence-corrected chi connectivity index (χ0v) is 18.9. The molecule has 0 saturated carbocycles. The molecule has 0 bridgehead atoms. The summed E-state index contributed by atoms with van der Waals surface area (Å²) in [5.74, 6) is -2.04. The van der Waals surface area contributed by atoms with Gasteiger partial charge >= 0.3 is 12.1 Å². The summed E-state index contributed by atoms with van der Waals surface area (Å²) in [5, 5.41) is 22.1. The van der Waals surface area contributed by atoms with E-state index < -0.39 is 24.2 Å². The number of carboxylic acids is 1. The Morgan fingerprint density at radius 2 is 1.54 bits per heavy atom. The Morgan fingerprint density at radius 1 is 0.919 bits per heavy atom. The van der Waals surface area contributed by atoms with Crippen molar-refractivity contribution in [3.05, 3.63) is 79.1 Å². The predicted molar refractivity (Wildman–Crippen MR) is 128 cm³/mol. The number of benzene rings is 3. The third kappa shape index (κ3) is 6.07. The van der Waals surface area contributed by atoms with Crippen LogP contribution in [0.15, 0.2) is 79.1 Å². The third-order valence-corrected chi connectivity index (χ3v) is 5.27. The molecule has 190 valence electrons. The van der Waals surface area contributed by atoms with E-state index in [2.05, 4.69) is 10.3 Å². The number of phenolic OH excluding ortho intramolecular Hbond substituents is 1. The number of phenols is 1. The van der Waals surface area contributed by atoms with E-state index in [1.165, 1.54) is 0 Å². The fourth-order valence-corrected chi connectivity index (χ4v) is 3.46. The Hall–Kier alpha value is -4.80. The van der Waals surface area contributed by atoms with E-state index in [1.54, 1.807) is 30.6 Å². The summed E-state index contributed by atoms with van der Waals surface area (Å²) in [6, 6.07) is 20.4. The number of aromatic nitrogens is 1. The van der Waals surface area contributed by atoms with Crippen molar-refractivity contribution in [2.24, 2.45) is 0 Å². The third-order valence-electron chi connectivity index (χ3n) is 5.27. The van der Waals surface area contributed by atoms with Crippen LogP contribution in [0.1, 0.15) is 0 Å². The number of alkyl halides is 3. The fourth-order valence-electron chi connectivity index (χ4n) is 3.46. The SMILES string of the molecule is O=C(Nc1cc(-c2ccncc2)ccc1O)C1COc2cc3ccccc3cc2O1.O=C(O)C(F)(F)F. The Kier molecular flexibility index (Phi) is 7.14. The normalized spacial score (nSPS) is 14.3. The average Bonchev–Trinajstić information content (AvgIpc) is 2.88. The minimum atomic E-state index is -5.08. The molecule has 1 aliphatic rings. The van der Waals surface area contributed by atoms with E-state index in [1.807, 2.05) is 48.5 Å². The maximum absolute atomic E-state index is 12.8. The minimum Gasteiger partial charge on any atom is -0.506 e. The number of fused-ring (bicyclic) bond motifs is 2. The molecule has 4 aromatic rings. The van der Waals surface area contributed by atoms with Crippen LogP contribution in [0.2, 0.25) is 0 Å². The van der Waals surface area contributed by atoms with Crippen LogP contribution < -0.4 is 14.8 Å². The minimum absolute atomic E-state index is 0.0238. The van der Waals surface area contributed by atoms with Crippen LogP contribution in [0.5, 0.6) is 17.2 Å². The van der Waals surface area contributed by atoms with E-state index in [9.17, 15) is 23.1 Å². The van der Waals surface area contributed by atoms with Crippen molar-refractivity contribution < 1.29 is 42.4 Å². The maximum Gasteiger partial charge on any atom is 0.490 e. The lowest BCUT2D eigenvalue weighted by Crippen LogP contribution is -2.40. The maximum atomic E-state index is 12.8. The first kappa shape index (κ1) is 25.3. The van der Waals surface area contributed by atoms with Gasteiger partial charge < -0.3 is 25.0 Å². The molecule has 0 spiro atoms. The second kappa shape index (κ2) is 10.4. The second-order valence-electron chi connectivity index (χ2n) is 7.82. The molecule has 1 aromatic heterocycles. The van der Waals surface area contributed by atoms with Crippen molar-refractivity contribution in [3.8, 4) is 28.4 Å². The van der Waals surface area contributed by atoms with Gasteiger partial charge in [0.25, 0.3) is 5.91 Å². The summed E-state index contributed by atoms with van der Waals surface area (Å²) in [6.07, 6.45) is -2.54. The van der Waals surface area contributed by atoms with Crippen LogP contribution in [0, 0.1) is 0 Å². The van der Waals surface area contributed by atoms with Crippen LogP contribution in [-0.2, 0) is 9.59 Å². The van der Waals surface area contributed by atoms with E-state index in [0.717, 1.165) is 21.9 Å². The molecule has 2 heterocycles. The highest BCUT2D eigenvalue weighted by molar-refractivity contribution is 5.97. The van der Waals surface area contributed by atoms with Gasteiger partial charge in [0.15, 0.2) is 11.5 Å². The number of aliphatic carboxylic acids is 1. The number of hydrogen-bond donors (Lipinski definition) is 3. The summed E-state index contributed by atoms with van der Waals surface area (Å²) >= 11 is 0. The number of pyridine rings is 1. The van der Waals surface area contributed by atoms with Crippen molar-refractivity contribution in [2.45, 2.75) is 12.3 Å². The van der Waals surface area contributed by atoms with Gasteiger partial charge in [-0.2, -0.15) is 13.2 Å². The lowest BCUT2D eigenvalue weighted by molar-refractivity contribution is -0.192. The standard InChI is InChI=1S/C24H18N2O4.C2HF3O2/c27-20-6-5-18(15-7-9-25-10-8-15)11-19(20)26-24(28)23-14-29-21-12-16-3-1-2-4-17(16)13-22(21)30-23;3-2(4,5)1(6)7/h1-13,23,27H,14H2,(H,26,28);(H,6,7). The Labute approximate surface area is 207 Å². The molecular weight excluding hydrogens is 493 g/mol. The highest BCUT2D eigenvalue weighted by atomic mass is 19.4. The van der Waals surface area contributed by atoms with Gasteiger partial charge in [-0.1, -0.05) is 30.3 Å². The molecular formula is C26H19F3N2O6. The molecule has 0 aliphatic carbocycles. The van der Waals surface area contributed by atoms with Gasteiger partial charge in [-0.3, -0.25) is 9.78 Å². The fraction of sp³-hybridized carbons (Fsp3) is 0.115. The number of ether oxygens (including phenoxy) is 2. The number of carbonyl (C=O) groups is 2. The summed E-state index contributed by atoms with van der Waals surface area (Å²) in [6.45, 7) is 0.0853. The summed E-state index contributed by atoms with van der Waals surface area (Å²) in [7, 11) is 0. The van der Waals surface area contributed by atoms with Gasteiger partial charge in [0.2, 0.25) is 6.10 Å². The van der Waals surface area contributed by atoms with Gasteiger partial charge in [0.1, 0.15) is 12.4 Å². The van der Waals surface area contributed by atoms with Crippen LogP contribution in [-0.4, -0.2) is 46.0 Å². The van der Waals surface area contributed by atoms with E-state index in [-0.39, 0.29) is 12.4 Å². The highest BCUT2D eigenvalue weighted by Crippen LogP contribution is 2.36. The first-order valence-electron chi connectivity index (χ1n) is 10.8. The van der Waals surface area contributed by atoms with Gasteiger partial charge in [-0.15, -0.1) is 0 Å². The first-order valence-corrected chi connectivity index (χ1v) is 10.8. The van der Waals surface area contributed by atoms with Crippen LogP contribution >= 0.6 is 0 Å². The molecule has 8 nitrogen and oxygen atoms in total. The topological polar surface area (TPSA) is 118 Å². The summed E-state index contributed by atoms with van der Waals surface area (Å²) in [4.78, 5) is 25.7. The molecule has 0 radical (unpaired) electrons. The monoisotopic (exact) mass is 512 g/mol. The molecule has 3 N–H and O–H groups in total. The Balaban J connectivity index is 0.000000405.